The number of hydrogen-bond acceptors (Lipinski definition) is 3. The zero-order valence-corrected chi connectivity index (χ0v) is 14.8. The minimum absolute atomic E-state index is 0.101. The highest BCUT2D eigenvalue weighted by atomic mass is 19.4. The summed E-state index contributed by atoms with van der Waals surface area (Å²) >= 11 is 0. The Morgan fingerprint density at radius 2 is 2.11 bits per heavy atom. The third-order valence-electron chi connectivity index (χ3n) is 5.04. The Labute approximate surface area is 157 Å². The second kappa shape index (κ2) is 6.84. The van der Waals surface area contributed by atoms with Gasteiger partial charge in [0, 0.05) is 43.9 Å². The van der Waals surface area contributed by atoms with Crippen molar-refractivity contribution in [2.45, 2.75) is 32.1 Å². The quantitative estimate of drug-likeness (QED) is 0.710. The van der Waals surface area contributed by atoms with E-state index in [2.05, 4.69) is 15.3 Å². The van der Waals surface area contributed by atoms with Crippen LogP contribution in [0.4, 0.5) is 13.2 Å². The van der Waals surface area contributed by atoms with Gasteiger partial charge in [-0.1, -0.05) is 12.1 Å². The van der Waals surface area contributed by atoms with E-state index in [9.17, 15) is 22.8 Å². The van der Waals surface area contributed by atoms with Crippen LogP contribution >= 0.6 is 0 Å². The second-order valence-electron chi connectivity index (χ2n) is 6.80. The van der Waals surface area contributed by atoms with Gasteiger partial charge in [-0.3, -0.25) is 9.36 Å². The molecule has 1 unspecified atom stereocenters. The van der Waals surface area contributed by atoms with Gasteiger partial charge in [-0.2, -0.15) is 13.2 Å². The lowest BCUT2D eigenvalue weighted by molar-refractivity contribution is -0.147. The number of fused-ring (bicyclic) bond motifs is 2. The average Bonchev–Trinajstić information content (AvgIpc) is 3.22. The molecule has 2 N–H and O–H groups in total. The summed E-state index contributed by atoms with van der Waals surface area (Å²) in [6, 6.07) is 7.26. The van der Waals surface area contributed by atoms with Crippen molar-refractivity contribution < 1.29 is 18.0 Å². The Morgan fingerprint density at radius 1 is 1.32 bits per heavy atom. The van der Waals surface area contributed by atoms with E-state index in [1.54, 1.807) is 10.6 Å². The van der Waals surface area contributed by atoms with Gasteiger partial charge in [0.15, 0.2) is 0 Å². The molecular formula is C18H18F3N5O2. The minimum Gasteiger partial charge on any atom is -0.354 e. The fraction of sp³-hybridized carbons (Fsp3) is 0.389. The molecule has 0 saturated carbocycles. The summed E-state index contributed by atoms with van der Waals surface area (Å²) in [6.07, 6.45) is -2.79. The lowest BCUT2D eigenvalue weighted by atomic mass is 9.95. The molecule has 3 aromatic rings. The van der Waals surface area contributed by atoms with Crippen LogP contribution in [-0.4, -0.2) is 31.6 Å². The van der Waals surface area contributed by atoms with Crippen LogP contribution in [0.3, 0.4) is 0 Å². The number of benzene rings is 1. The lowest BCUT2D eigenvalue weighted by Crippen LogP contribution is -2.38. The van der Waals surface area contributed by atoms with Crippen LogP contribution in [0.15, 0.2) is 35.3 Å². The van der Waals surface area contributed by atoms with Crippen LogP contribution in [0.1, 0.15) is 17.9 Å². The number of halogens is 3. The molecule has 0 radical (unpaired) electrons. The van der Waals surface area contributed by atoms with Gasteiger partial charge in [0.05, 0.1) is 11.0 Å². The normalized spacial score (nSPS) is 16.9. The third kappa shape index (κ3) is 3.30. The highest BCUT2D eigenvalue weighted by Gasteiger charge is 2.39. The maximum absolute atomic E-state index is 12.9. The number of para-hydroxylation sites is 2. The highest BCUT2D eigenvalue weighted by molar-refractivity contribution is 5.79. The van der Waals surface area contributed by atoms with Gasteiger partial charge < -0.3 is 14.9 Å². The van der Waals surface area contributed by atoms with E-state index in [0.717, 1.165) is 15.6 Å². The van der Waals surface area contributed by atoms with Crippen molar-refractivity contribution in [2.24, 2.45) is 5.92 Å². The average molecular weight is 393 g/mol. The topological polar surface area (TPSA) is 84.7 Å². The Balaban J connectivity index is 1.38. The largest absolute Gasteiger partial charge is 0.449 e. The number of aromatic nitrogens is 4. The fourth-order valence-corrected chi connectivity index (χ4v) is 3.68. The number of rotatable bonds is 4. The molecule has 148 valence electrons. The molecule has 0 spiro atoms. The van der Waals surface area contributed by atoms with E-state index in [1.807, 2.05) is 18.2 Å². The van der Waals surface area contributed by atoms with Gasteiger partial charge in [-0.25, -0.2) is 9.78 Å². The minimum atomic E-state index is -4.50. The van der Waals surface area contributed by atoms with E-state index >= 15 is 0 Å². The number of imidazole rings is 2. The molecule has 4 rings (SSSR count). The Bertz CT molecular complexity index is 1080. The summed E-state index contributed by atoms with van der Waals surface area (Å²) in [6.45, 7) is 0.659. The lowest BCUT2D eigenvalue weighted by Gasteiger charge is -2.24. The molecule has 7 nitrogen and oxygen atoms in total. The number of nitrogens with zero attached hydrogens (tertiary/aromatic N) is 3. The molecule has 0 bridgehead atoms. The molecule has 1 amide bonds. The maximum atomic E-state index is 12.9. The zero-order valence-electron chi connectivity index (χ0n) is 14.8. The molecule has 10 heteroatoms. The summed E-state index contributed by atoms with van der Waals surface area (Å²) in [5, 5.41) is 2.79. The van der Waals surface area contributed by atoms with E-state index in [1.165, 1.54) is 6.20 Å². The van der Waals surface area contributed by atoms with Crippen molar-refractivity contribution in [1.29, 1.82) is 0 Å². The van der Waals surface area contributed by atoms with Gasteiger partial charge in [0.25, 0.3) is 0 Å². The van der Waals surface area contributed by atoms with Crippen molar-refractivity contribution >= 4 is 16.9 Å². The van der Waals surface area contributed by atoms with E-state index in [4.69, 9.17) is 0 Å². The molecule has 1 aromatic carbocycles. The molecule has 0 saturated heterocycles. The maximum Gasteiger partial charge on any atom is 0.449 e. The summed E-state index contributed by atoms with van der Waals surface area (Å²) in [7, 11) is 0. The molecular weight excluding hydrogens is 375 g/mol. The SMILES string of the molecule is O=C(NCCn1c(=O)[nH]c2ccccc21)C1CCn2c(cnc2C(F)(F)F)C1. The van der Waals surface area contributed by atoms with Crippen LogP contribution in [0, 0.1) is 5.92 Å². The van der Waals surface area contributed by atoms with Crippen LogP contribution in [-0.2, 0) is 30.5 Å². The van der Waals surface area contributed by atoms with E-state index < -0.39 is 17.9 Å². The van der Waals surface area contributed by atoms with Crippen LogP contribution in [0.2, 0.25) is 0 Å². The first kappa shape index (κ1) is 18.3. The van der Waals surface area contributed by atoms with Crippen molar-refractivity contribution in [3.8, 4) is 0 Å². The van der Waals surface area contributed by atoms with Gasteiger partial charge in [-0.05, 0) is 18.6 Å². The van der Waals surface area contributed by atoms with Crippen molar-refractivity contribution in [3.05, 3.63) is 52.5 Å². The number of hydrogen-bond donors (Lipinski definition) is 2. The summed E-state index contributed by atoms with van der Waals surface area (Å²) in [5.74, 6) is -1.56. The first-order valence-corrected chi connectivity index (χ1v) is 8.91. The van der Waals surface area contributed by atoms with Crippen molar-refractivity contribution in [1.82, 2.24) is 24.4 Å². The molecule has 1 atom stereocenters. The Morgan fingerprint density at radius 3 is 2.89 bits per heavy atom. The van der Waals surface area contributed by atoms with Crippen LogP contribution < -0.4 is 11.0 Å². The number of alkyl halides is 3. The van der Waals surface area contributed by atoms with Gasteiger partial charge in [0.1, 0.15) is 0 Å². The number of H-pyrrole nitrogens is 1. The molecule has 3 heterocycles. The monoisotopic (exact) mass is 393 g/mol. The van der Waals surface area contributed by atoms with Crippen LogP contribution in [0.5, 0.6) is 0 Å². The smallest absolute Gasteiger partial charge is 0.354 e. The first-order valence-electron chi connectivity index (χ1n) is 8.91. The number of amides is 1. The van der Waals surface area contributed by atoms with E-state index in [0.29, 0.717) is 18.7 Å². The fourth-order valence-electron chi connectivity index (χ4n) is 3.68. The van der Waals surface area contributed by atoms with E-state index in [-0.39, 0.29) is 31.1 Å². The van der Waals surface area contributed by atoms with Gasteiger partial charge >= 0.3 is 11.9 Å². The summed E-state index contributed by atoms with van der Waals surface area (Å²) in [4.78, 5) is 30.7. The third-order valence-corrected chi connectivity index (χ3v) is 5.04. The first-order chi connectivity index (χ1) is 13.3. The molecule has 1 aliphatic heterocycles. The molecule has 2 aromatic heterocycles. The zero-order chi connectivity index (χ0) is 19.9. The predicted octanol–water partition coefficient (Wildman–Crippen LogP) is 1.92. The number of carbonyl (C=O) groups is 1. The summed E-state index contributed by atoms with van der Waals surface area (Å²) < 4.78 is 41.4. The van der Waals surface area contributed by atoms with Crippen molar-refractivity contribution in [2.75, 3.05) is 6.54 Å². The molecule has 0 aliphatic carbocycles. The van der Waals surface area contributed by atoms with Gasteiger partial charge in [0.2, 0.25) is 11.7 Å². The number of nitrogens with one attached hydrogen (secondary N) is 2. The summed E-state index contributed by atoms with van der Waals surface area (Å²) in [5.41, 5.74) is 1.63. The van der Waals surface area contributed by atoms with Crippen LogP contribution in [0.25, 0.3) is 11.0 Å². The predicted molar refractivity (Wildman–Crippen MR) is 94.6 cm³/mol. The van der Waals surface area contributed by atoms with Gasteiger partial charge in [-0.15, -0.1) is 0 Å². The Kier molecular flexibility index (Phi) is 4.48. The highest BCUT2D eigenvalue weighted by Crippen LogP contribution is 2.32. The standard InChI is InChI=1S/C18H18F3N5O2/c19-18(20,21)16-23-10-12-9-11(5-7-25(12)16)15(27)22-6-8-26-14-4-2-1-3-13(14)24-17(26)28/h1-4,10-11H,5-9H2,(H,22,27)(H,24,28). The van der Waals surface area contributed by atoms with Crippen molar-refractivity contribution in [3.63, 3.8) is 0 Å². The molecule has 1 aliphatic rings. The number of aromatic amines is 1. The molecule has 0 fully saturated rings. The number of carbonyl (C=O) groups excluding carboxylic acids is 1. The second-order valence-corrected chi connectivity index (χ2v) is 6.80. The molecule has 28 heavy (non-hydrogen) atoms. The Hall–Kier alpha value is -3.04.